The number of H-pyrrole nitrogens is 3. The molecule has 4 aromatic heterocycles. The highest BCUT2D eigenvalue weighted by Crippen LogP contribution is 2.38. The van der Waals surface area contributed by atoms with Crippen LogP contribution in [0.5, 0.6) is 0 Å². The number of aromatic amines is 3. The predicted octanol–water partition coefficient (Wildman–Crippen LogP) is 13.2. The molecule has 0 aliphatic carbocycles. The fraction of sp³-hybridized carbons (Fsp3) is 0. The van der Waals surface area contributed by atoms with Crippen molar-refractivity contribution >= 4 is 62.3 Å². The molecule has 3 N–H and O–H groups in total. The average Bonchev–Trinajstić information content (AvgIpc) is 4.07. The average molecular weight is 694 g/mol. The van der Waals surface area contributed by atoms with Crippen molar-refractivity contribution in [1.82, 2.24) is 19.9 Å². The topological polar surface area (TPSA) is 63.5 Å². The van der Waals surface area contributed by atoms with Crippen LogP contribution < -0.4 is 4.90 Å². The van der Waals surface area contributed by atoms with Crippen molar-refractivity contribution in [2.75, 3.05) is 4.90 Å². The second kappa shape index (κ2) is 13.3. The summed E-state index contributed by atoms with van der Waals surface area (Å²) in [6, 6.07) is 64.0. The van der Waals surface area contributed by atoms with E-state index < -0.39 is 0 Å². The van der Waals surface area contributed by atoms with Crippen LogP contribution in [-0.4, -0.2) is 19.9 Å². The Morgan fingerprint density at radius 2 is 0.648 bits per heavy atom. The third-order valence-corrected chi connectivity index (χ3v) is 10.1. The van der Waals surface area contributed by atoms with E-state index in [0.717, 1.165) is 94.9 Å². The zero-order valence-electron chi connectivity index (χ0n) is 29.4. The largest absolute Gasteiger partial charge is 0.354 e. The number of hydrogen-bond donors (Lipinski definition) is 3. The maximum absolute atomic E-state index is 5.21. The number of para-hydroxylation sites is 2. The van der Waals surface area contributed by atoms with Gasteiger partial charge in [-0.15, -0.1) is 0 Å². The molecule has 9 aromatic rings. The van der Waals surface area contributed by atoms with Gasteiger partial charge in [0.15, 0.2) is 0 Å². The smallest absolute Gasteiger partial charge is 0.0872 e. The van der Waals surface area contributed by atoms with E-state index in [1.165, 1.54) is 0 Å². The Morgan fingerprint density at radius 1 is 0.296 bits per heavy atom. The number of anilines is 3. The van der Waals surface area contributed by atoms with Gasteiger partial charge in [-0.2, -0.15) is 0 Å². The van der Waals surface area contributed by atoms with Gasteiger partial charge in [-0.1, -0.05) is 109 Å². The highest BCUT2D eigenvalue weighted by molar-refractivity contribution is 6.00. The summed E-state index contributed by atoms with van der Waals surface area (Å²) in [5, 5.41) is 0. The lowest BCUT2D eigenvalue weighted by Gasteiger charge is -2.25. The van der Waals surface area contributed by atoms with Crippen LogP contribution in [0.15, 0.2) is 182 Å². The monoisotopic (exact) mass is 693 g/mol. The first-order valence-electron chi connectivity index (χ1n) is 18.2. The third-order valence-electron chi connectivity index (χ3n) is 10.1. The molecule has 0 saturated carbocycles. The minimum Gasteiger partial charge on any atom is -0.354 e. The van der Waals surface area contributed by atoms with Crippen molar-refractivity contribution in [2.45, 2.75) is 0 Å². The summed E-state index contributed by atoms with van der Waals surface area (Å²) in [7, 11) is 0. The summed E-state index contributed by atoms with van der Waals surface area (Å²) in [5.41, 5.74) is 17.6. The standard InChI is InChI=1S/C49H35N5/c1-5-13-33(14-6-1)47-41-27-25-39(50-41)40-26-28-42(51-40)48(34-15-7-2-8-16-34)44-30-32-46(53-44)49(45-31-29-43(47)52-45)35-21-23-38(24-22-35)54(36-17-9-3-10-18-36)37-19-11-4-12-20-37/h1-32,50,52-53H. The fourth-order valence-electron chi connectivity index (χ4n) is 7.66. The Bertz CT molecular complexity index is 2860. The molecule has 5 heterocycles. The molecule has 0 atom stereocenters. The Morgan fingerprint density at radius 3 is 1.15 bits per heavy atom. The van der Waals surface area contributed by atoms with Gasteiger partial charge in [-0.25, -0.2) is 4.98 Å². The van der Waals surface area contributed by atoms with Crippen molar-refractivity contribution in [3.05, 3.63) is 193 Å². The molecule has 8 bridgehead atoms. The molecular weight excluding hydrogens is 659 g/mol. The molecule has 1 aliphatic heterocycles. The lowest BCUT2D eigenvalue weighted by atomic mass is 10.0. The van der Waals surface area contributed by atoms with Gasteiger partial charge < -0.3 is 19.9 Å². The molecule has 5 aromatic carbocycles. The molecule has 0 spiro atoms. The first-order chi connectivity index (χ1) is 26.8. The van der Waals surface area contributed by atoms with Crippen LogP contribution in [0.25, 0.3) is 78.6 Å². The molecule has 1 aliphatic rings. The van der Waals surface area contributed by atoms with Gasteiger partial charge in [0.2, 0.25) is 0 Å². The van der Waals surface area contributed by atoms with E-state index in [4.69, 9.17) is 4.98 Å². The molecular formula is C49H35N5. The summed E-state index contributed by atoms with van der Waals surface area (Å²) < 4.78 is 0. The summed E-state index contributed by atoms with van der Waals surface area (Å²) in [6.07, 6.45) is 4.23. The highest BCUT2D eigenvalue weighted by Gasteiger charge is 2.16. The van der Waals surface area contributed by atoms with Crippen molar-refractivity contribution in [3.63, 3.8) is 0 Å². The molecule has 5 heteroatoms. The van der Waals surface area contributed by atoms with E-state index in [0.29, 0.717) is 0 Å². The van der Waals surface area contributed by atoms with E-state index in [1.54, 1.807) is 0 Å². The molecule has 5 nitrogen and oxygen atoms in total. The van der Waals surface area contributed by atoms with Crippen LogP contribution in [0.4, 0.5) is 17.1 Å². The van der Waals surface area contributed by atoms with E-state index in [2.05, 4.69) is 214 Å². The summed E-state index contributed by atoms with van der Waals surface area (Å²) in [4.78, 5) is 18.9. The number of fused-ring (bicyclic) bond motifs is 9. The maximum atomic E-state index is 5.21. The minimum absolute atomic E-state index is 0.901. The van der Waals surface area contributed by atoms with Gasteiger partial charge in [0.05, 0.1) is 16.9 Å². The molecule has 10 rings (SSSR count). The summed E-state index contributed by atoms with van der Waals surface area (Å²) in [5.74, 6) is 0. The number of benzene rings is 5. The number of nitrogens with zero attached hydrogens (tertiary/aromatic N) is 2. The molecule has 0 radical (unpaired) electrons. The molecule has 54 heavy (non-hydrogen) atoms. The van der Waals surface area contributed by atoms with Gasteiger partial charge in [0.1, 0.15) is 0 Å². The van der Waals surface area contributed by atoms with Crippen LogP contribution in [-0.2, 0) is 0 Å². The molecule has 0 amide bonds. The first kappa shape index (κ1) is 31.4. The van der Waals surface area contributed by atoms with Gasteiger partial charge >= 0.3 is 0 Å². The van der Waals surface area contributed by atoms with E-state index >= 15 is 0 Å². The van der Waals surface area contributed by atoms with Crippen LogP contribution in [0.2, 0.25) is 0 Å². The first-order valence-corrected chi connectivity index (χ1v) is 18.2. The number of aromatic nitrogens is 4. The Kier molecular flexibility index (Phi) is 7.73. The second-order valence-corrected chi connectivity index (χ2v) is 13.5. The zero-order chi connectivity index (χ0) is 35.8. The molecule has 256 valence electrons. The van der Waals surface area contributed by atoms with Gasteiger partial charge in [0.25, 0.3) is 0 Å². The second-order valence-electron chi connectivity index (χ2n) is 13.5. The Balaban J connectivity index is 1.26. The van der Waals surface area contributed by atoms with E-state index in [-0.39, 0.29) is 0 Å². The van der Waals surface area contributed by atoms with Crippen molar-refractivity contribution in [2.24, 2.45) is 0 Å². The van der Waals surface area contributed by atoms with Crippen molar-refractivity contribution in [3.8, 4) is 33.4 Å². The fourth-order valence-corrected chi connectivity index (χ4v) is 7.66. The summed E-state index contributed by atoms with van der Waals surface area (Å²) >= 11 is 0. The highest BCUT2D eigenvalue weighted by atomic mass is 15.1. The SMILES string of the molecule is C1=Cc2nc1c(-c1ccccc1)c1ccc([nH]1)c(-c1ccc(N(c3ccccc3)c3ccccc3)cc1)c1ccc([nH]1)c(-c1ccccc1)c1ccc2[nH]1. The maximum Gasteiger partial charge on any atom is 0.0872 e. The van der Waals surface area contributed by atoms with Crippen molar-refractivity contribution in [1.29, 1.82) is 0 Å². The van der Waals surface area contributed by atoms with Gasteiger partial charge in [-0.05, 0) is 102 Å². The molecule has 0 fully saturated rings. The lowest BCUT2D eigenvalue weighted by Crippen LogP contribution is -2.09. The number of rotatable bonds is 6. The number of hydrogen-bond acceptors (Lipinski definition) is 2. The summed E-state index contributed by atoms with van der Waals surface area (Å²) in [6.45, 7) is 0. The quantitative estimate of drug-likeness (QED) is 0.162. The normalized spacial score (nSPS) is 11.6. The van der Waals surface area contributed by atoms with Crippen LogP contribution >= 0.6 is 0 Å². The van der Waals surface area contributed by atoms with E-state index in [1.807, 2.05) is 0 Å². The van der Waals surface area contributed by atoms with E-state index in [9.17, 15) is 0 Å². The Hall–Kier alpha value is -7.37. The zero-order valence-corrected chi connectivity index (χ0v) is 29.4. The molecule has 0 unspecified atom stereocenters. The number of nitrogens with one attached hydrogen (secondary N) is 3. The van der Waals surface area contributed by atoms with Crippen LogP contribution in [0.1, 0.15) is 11.4 Å². The van der Waals surface area contributed by atoms with Gasteiger partial charge in [0, 0.05) is 61.3 Å². The lowest BCUT2D eigenvalue weighted by molar-refractivity contribution is 1.28. The minimum atomic E-state index is 0.901. The predicted molar refractivity (Wildman–Crippen MR) is 226 cm³/mol. The van der Waals surface area contributed by atoms with Crippen LogP contribution in [0.3, 0.4) is 0 Å². The van der Waals surface area contributed by atoms with Crippen LogP contribution in [0, 0.1) is 0 Å². The third kappa shape index (κ3) is 5.65. The van der Waals surface area contributed by atoms with Crippen molar-refractivity contribution < 1.29 is 0 Å². The molecule has 0 saturated heterocycles. The Labute approximate surface area is 312 Å². The van der Waals surface area contributed by atoms with Gasteiger partial charge in [-0.3, -0.25) is 0 Å².